The Morgan fingerprint density at radius 1 is 1.38 bits per heavy atom. The predicted molar refractivity (Wildman–Crippen MR) is 77.3 cm³/mol. The first-order valence-electron chi connectivity index (χ1n) is 6.98. The molecule has 0 bridgehead atoms. The highest BCUT2D eigenvalue weighted by Gasteiger charge is 2.32. The van der Waals surface area contributed by atoms with Gasteiger partial charge in [0.15, 0.2) is 0 Å². The van der Waals surface area contributed by atoms with Crippen LogP contribution in [0.5, 0.6) is 0 Å². The standard InChI is InChI=1S/C13H25NO6S/c1-13(2,3)20-12(16)14-7-5-10(11(15)9-14)6-8-19-21(4,17)18/h10-11,15H,5-9H2,1-4H3/t10-,11+/m0/s1. The summed E-state index contributed by atoms with van der Waals surface area (Å²) in [6, 6.07) is 0. The lowest BCUT2D eigenvalue weighted by atomic mass is 9.91. The van der Waals surface area contributed by atoms with Gasteiger partial charge in [0.1, 0.15) is 5.60 Å². The third kappa shape index (κ3) is 7.10. The number of piperidine rings is 1. The van der Waals surface area contributed by atoms with Gasteiger partial charge in [0.25, 0.3) is 10.1 Å². The second-order valence-corrected chi connectivity index (χ2v) is 8.00. The average molecular weight is 323 g/mol. The van der Waals surface area contributed by atoms with Crippen molar-refractivity contribution in [2.24, 2.45) is 5.92 Å². The number of β-amino-alcohol motifs (C(OH)–C–C–N with tert-alkyl or cyclic N) is 1. The number of aliphatic hydroxyl groups excluding tert-OH is 1. The summed E-state index contributed by atoms with van der Waals surface area (Å²) >= 11 is 0. The molecule has 8 heteroatoms. The van der Waals surface area contributed by atoms with E-state index >= 15 is 0 Å². The molecular weight excluding hydrogens is 298 g/mol. The summed E-state index contributed by atoms with van der Waals surface area (Å²) in [6.07, 6.45) is 0.889. The zero-order valence-corrected chi connectivity index (χ0v) is 13.9. The van der Waals surface area contributed by atoms with Crippen molar-refractivity contribution in [2.45, 2.75) is 45.3 Å². The van der Waals surface area contributed by atoms with Crippen LogP contribution in [0.25, 0.3) is 0 Å². The first-order chi connectivity index (χ1) is 9.48. The van der Waals surface area contributed by atoms with Crippen molar-refractivity contribution in [2.75, 3.05) is 26.0 Å². The number of aliphatic hydroxyl groups is 1. The lowest BCUT2D eigenvalue weighted by Crippen LogP contribution is -2.48. The van der Waals surface area contributed by atoms with E-state index in [1.54, 1.807) is 20.8 Å². The van der Waals surface area contributed by atoms with Gasteiger partial charge in [-0.05, 0) is 39.5 Å². The Labute approximate surface area is 126 Å². The molecule has 124 valence electrons. The maximum Gasteiger partial charge on any atom is 0.410 e. The molecule has 1 saturated heterocycles. The van der Waals surface area contributed by atoms with Crippen LogP contribution < -0.4 is 0 Å². The summed E-state index contributed by atoms with van der Waals surface area (Å²) in [5.74, 6) is -0.0783. The van der Waals surface area contributed by atoms with E-state index in [9.17, 15) is 18.3 Å². The minimum absolute atomic E-state index is 0.0486. The highest BCUT2D eigenvalue weighted by Crippen LogP contribution is 2.23. The van der Waals surface area contributed by atoms with Crippen molar-refractivity contribution < 1.29 is 27.2 Å². The quantitative estimate of drug-likeness (QED) is 0.775. The molecular formula is C13H25NO6S. The molecule has 0 unspecified atom stereocenters. The zero-order chi connectivity index (χ0) is 16.3. The van der Waals surface area contributed by atoms with E-state index in [1.165, 1.54) is 4.90 Å². The minimum Gasteiger partial charge on any atom is -0.444 e. The van der Waals surface area contributed by atoms with Crippen molar-refractivity contribution in [1.82, 2.24) is 4.90 Å². The zero-order valence-electron chi connectivity index (χ0n) is 13.0. The minimum atomic E-state index is -3.45. The number of carbonyl (C=O) groups excluding carboxylic acids is 1. The van der Waals surface area contributed by atoms with Crippen molar-refractivity contribution >= 4 is 16.2 Å². The van der Waals surface area contributed by atoms with Crippen LogP contribution in [-0.4, -0.2) is 62.2 Å². The number of likely N-dealkylation sites (tertiary alicyclic amines) is 1. The Morgan fingerprint density at radius 3 is 2.48 bits per heavy atom. The summed E-state index contributed by atoms with van der Waals surface area (Å²) in [5.41, 5.74) is -0.567. The van der Waals surface area contributed by atoms with Crippen molar-refractivity contribution in [3.63, 3.8) is 0 Å². The maximum atomic E-state index is 11.9. The third-order valence-corrected chi connectivity index (χ3v) is 3.75. The van der Waals surface area contributed by atoms with Crippen LogP contribution >= 0.6 is 0 Å². The van der Waals surface area contributed by atoms with Crippen LogP contribution in [0, 0.1) is 5.92 Å². The second-order valence-electron chi connectivity index (χ2n) is 6.36. The number of nitrogens with zero attached hydrogens (tertiary/aromatic N) is 1. The van der Waals surface area contributed by atoms with Crippen LogP contribution in [0.2, 0.25) is 0 Å². The number of rotatable bonds is 4. The molecule has 1 fully saturated rings. The van der Waals surface area contributed by atoms with Gasteiger partial charge in [0.05, 0.1) is 25.5 Å². The molecule has 0 saturated carbocycles. The Kier molecular flexibility index (Phi) is 6.01. The monoisotopic (exact) mass is 323 g/mol. The van der Waals surface area contributed by atoms with E-state index in [-0.39, 0.29) is 19.1 Å². The van der Waals surface area contributed by atoms with E-state index in [0.29, 0.717) is 19.4 Å². The predicted octanol–water partition coefficient (Wildman–Crippen LogP) is 0.971. The van der Waals surface area contributed by atoms with Crippen molar-refractivity contribution in [1.29, 1.82) is 0 Å². The molecule has 0 aromatic rings. The fraction of sp³-hybridized carbons (Fsp3) is 0.923. The molecule has 0 spiro atoms. The largest absolute Gasteiger partial charge is 0.444 e. The van der Waals surface area contributed by atoms with Gasteiger partial charge in [-0.1, -0.05) is 0 Å². The SMILES string of the molecule is CC(C)(C)OC(=O)N1CC[C@@H](CCOS(C)(=O)=O)[C@H](O)C1. The lowest BCUT2D eigenvalue weighted by Gasteiger charge is -2.36. The molecule has 1 amide bonds. The molecule has 0 aromatic carbocycles. The molecule has 21 heavy (non-hydrogen) atoms. The summed E-state index contributed by atoms with van der Waals surface area (Å²) in [5, 5.41) is 10.1. The Morgan fingerprint density at radius 2 is 2.00 bits per heavy atom. The summed E-state index contributed by atoms with van der Waals surface area (Å²) < 4.78 is 31.7. The van der Waals surface area contributed by atoms with E-state index in [1.807, 2.05) is 0 Å². The Balaban J connectivity index is 2.42. The van der Waals surface area contributed by atoms with Crippen LogP contribution in [0.4, 0.5) is 4.79 Å². The molecule has 0 aliphatic carbocycles. The first kappa shape index (κ1) is 18.2. The molecule has 1 N–H and O–H groups in total. The smallest absolute Gasteiger partial charge is 0.410 e. The van der Waals surface area contributed by atoms with Crippen molar-refractivity contribution in [3.8, 4) is 0 Å². The van der Waals surface area contributed by atoms with Crippen LogP contribution in [0.3, 0.4) is 0 Å². The number of hydrogen-bond acceptors (Lipinski definition) is 6. The van der Waals surface area contributed by atoms with E-state index in [0.717, 1.165) is 6.26 Å². The van der Waals surface area contributed by atoms with Crippen LogP contribution in [0.15, 0.2) is 0 Å². The molecule has 7 nitrogen and oxygen atoms in total. The van der Waals surface area contributed by atoms with Crippen LogP contribution in [0.1, 0.15) is 33.6 Å². The number of ether oxygens (including phenoxy) is 1. The van der Waals surface area contributed by atoms with Crippen LogP contribution in [-0.2, 0) is 19.0 Å². The van der Waals surface area contributed by atoms with Gasteiger partial charge < -0.3 is 14.7 Å². The van der Waals surface area contributed by atoms with Gasteiger partial charge in [-0.2, -0.15) is 8.42 Å². The Hall–Kier alpha value is -0.860. The summed E-state index contributed by atoms with van der Waals surface area (Å²) in [6.45, 7) is 6.09. The lowest BCUT2D eigenvalue weighted by molar-refractivity contribution is -0.0158. The van der Waals surface area contributed by atoms with Gasteiger partial charge in [-0.25, -0.2) is 4.79 Å². The molecule has 2 atom stereocenters. The highest BCUT2D eigenvalue weighted by atomic mass is 32.2. The highest BCUT2D eigenvalue weighted by molar-refractivity contribution is 7.85. The van der Waals surface area contributed by atoms with E-state index < -0.39 is 27.9 Å². The average Bonchev–Trinajstić information content (AvgIpc) is 2.27. The molecule has 1 aliphatic rings. The topological polar surface area (TPSA) is 93.1 Å². The molecule has 0 aromatic heterocycles. The van der Waals surface area contributed by atoms with Gasteiger partial charge in [-0.3, -0.25) is 4.18 Å². The fourth-order valence-corrected chi connectivity index (χ4v) is 2.56. The number of hydrogen-bond donors (Lipinski definition) is 1. The maximum absolute atomic E-state index is 11.9. The normalized spacial score (nSPS) is 24.0. The van der Waals surface area contributed by atoms with E-state index in [4.69, 9.17) is 4.74 Å². The van der Waals surface area contributed by atoms with Gasteiger partial charge in [0, 0.05) is 6.54 Å². The van der Waals surface area contributed by atoms with Gasteiger partial charge in [-0.15, -0.1) is 0 Å². The Bertz CT molecular complexity index is 456. The molecule has 1 rings (SSSR count). The van der Waals surface area contributed by atoms with Gasteiger partial charge in [0.2, 0.25) is 0 Å². The summed E-state index contributed by atoms with van der Waals surface area (Å²) in [4.78, 5) is 13.4. The first-order valence-corrected chi connectivity index (χ1v) is 8.80. The summed E-state index contributed by atoms with van der Waals surface area (Å²) in [7, 11) is -3.45. The van der Waals surface area contributed by atoms with E-state index in [2.05, 4.69) is 4.18 Å². The number of amides is 1. The third-order valence-electron chi connectivity index (χ3n) is 3.16. The molecule has 1 heterocycles. The van der Waals surface area contributed by atoms with Gasteiger partial charge >= 0.3 is 6.09 Å². The number of carbonyl (C=O) groups is 1. The molecule has 1 aliphatic heterocycles. The second kappa shape index (κ2) is 6.93. The molecule has 0 radical (unpaired) electrons. The van der Waals surface area contributed by atoms with Crippen molar-refractivity contribution in [3.05, 3.63) is 0 Å². The fourth-order valence-electron chi connectivity index (χ4n) is 2.16.